The lowest BCUT2D eigenvalue weighted by Crippen LogP contribution is -2.42. The maximum Gasteiger partial charge on any atom is 0.255 e. The minimum atomic E-state index is -0.361. The Morgan fingerprint density at radius 1 is 1.38 bits per heavy atom. The second kappa shape index (κ2) is 6.58. The van der Waals surface area contributed by atoms with Crippen LogP contribution >= 0.6 is 0 Å². The number of amides is 2. The molecular formula is C15H21N3O3. The van der Waals surface area contributed by atoms with Gasteiger partial charge >= 0.3 is 0 Å². The maximum absolute atomic E-state index is 12.4. The van der Waals surface area contributed by atoms with Crippen LogP contribution in [0, 0.1) is 5.92 Å². The molecule has 1 aliphatic carbocycles. The molecule has 2 amide bonds. The summed E-state index contributed by atoms with van der Waals surface area (Å²) in [4.78, 5) is 23.8. The van der Waals surface area contributed by atoms with E-state index < -0.39 is 0 Å². The summed E-state index contributed by atoms with van der Waals surface area (Å²) in [7, 11) is 1.51. The SMILES string of the molecule is COc1ccc(CN)cc1C(=O)NC1CCCC1C(N)=O. The van der Waals surface area contributed by atoms with Crippen molar-refractivity contribution in [1.82, 2.24) is 5.32 Å². The Morgan fingerprint density at radius 3 is 2.76 bits per heavy atom. The summed E-state index contributed by atoms with van der Waals surface area (Å²) in [5.74, 6) is -0.434. The van der Waals surface area contributed by atoms with Gasteiger partial charge in [0.15, 0.2) is 0 Å². The molecule has 2 rings (SSSR count). The van der Waals surface area contributed by atoms with Crippen molar-refractivity contribution in [3.05, 3.63) is 29.3 Å². The van der Waals surface area contributed by atoms with Crippen molar-refractivity contribution in [1.29, 1.82) is 0 Å². The fourth-order valence-corrected chi connectivity index (χ4v) is 2.78. The second-order valence-corrected chi connectivity index (χ2v) is 5.26. The number of carbonyl (C=O) groups is 2. The van der Waals surface area contributed by atoms with E-state index >= 15 is 0 Å². The van der Waals surface area contributed by atoms with Crippen LogP contribution in [0.5, 0.6) is 5.75 Å². The van der Waals surface area contributed by atoms with Gasteiger partial charge in [0.2, 0.25) is 5.91 Å². The van der Waals surface area contributed by atoms with Gasteiger partial charge in [0, 0.05) is 12.6 Å². The average Bonchev–Trinajstić information content (AvgIpc) is 2.94. The van der Waals surface area contributed by atoms with Crippen molar-refractivity contribution in [3.63, 3.8) is 0 Å². The third-order valence-electron chi connectivity index (χ3n) is 3.94. The third-order valence-corrected chi connectivity index (χ3v) is 3.94. The van der Waals surface area contributed by atoms with Crippen LogP contribution in [-0.2, 0) is 11.3 Å². The molecule has 0 aliphatic heterocycles. The zero-order valence-electron chi connectivity index (χ0n) is 12.1. The molecule has 2 unspecified atom stereocenters. The minimum absolute atomic E-state index is 0.207. The zero-order valence-corrected chi connectivity index (χ0v) is 12.1. The van der Waals surface area contributed by atoms with E-state index in [9.17, 15) is 9.59 Å². The Balaban J connectivity index is 2.18. The lowest BCUT2D eigenvalue weighted by Gasteiger charge is -2.19. The summed E-state index contributed by atoms with van der Waals surface area (Å²) in [6.45, 7) is 0.345. The highest BCUT2D eigenvalue weighted by atomic mass is 16.5. The highest BCUT2D eigenvalue weighted by molar-refractivity contribution is 5.97. The van der Waals surface area contributed by atoms with Gasteiger partial charge in [-0.1, -0.05) is 12.5 Å². The molecule has 0 radical (unpaired) electrons. The first-order valence-corrected chi connectivity index (χ1v) is 7.04. The van der Waals surface area contributed by atoms with Crippen LogP contribution < -0.4 is 21.5 Å². The van der Waals surface area contributed by atoms with Gasteiger partial charge in [-0.05, 0) is 30.5 Å². The first-order valence-electron chi connectivity index (χ1n) is 7.04. The fraction of sp³-hybridized carbons (Fsp3) is 0.467. The molecule has 0 heterocycles. The summed E-state index contributed by atoms with van der Waals surface area (Å²) in [5.41, 5.74) is 12.2. The van der Waals surface area contributed by atoms with Crippen molar-refractivity contribution < 1.29 is 14.3 Å². The van der Waals surface area contributed by atoms with Crippen LogP contribution in [-0.4, -0.2) is 25.0 Å². The molecule has 21 heavy (non-hydrogen) atoms. The summed E-state index contributed by atoms with van der Waals surface area (Å²) in [6.07, 6.45) is 2.37. The van der Waals surface area contributed by atoms with Crippen LogP contribution in [0.15, 0.2) is 18.2 Å². The van der Waals surface area contributed by atoms with E-state index in [1.54, 1.807) is 12.1 Å². The van der Waals surface area contributed by atoms with Crippen molar-refractivity contribution in [2.24, 2.45) is 17.4 Å². The Bertz CT molecular complexity index is 545. The second-order valence-electron chi connectivity index (χ2n) is 5.26. The van der Waals surface area contributed by atoms with Gasteiger partial charge in [-0.25, -0.2) is 0 Å². The predicted molar refractivity (Wildman–Crippen MR) is 78.7 cm³/mol. The third kappa shape index (κ3) is 3.33. The lowest BCUT2D eigenvalue weighted by molar-refractivity contribution is -0.122. The van der Waals surface area contributed by atoms with E-state index in [4.69, 9.17) is 16.2 Å². The molecule has 0 spiro atoms. The molecule has 5 N–H and O–H groups in total. The van der Waals surface area contributed by atoms with E-state index in [0.717, 1.165) is 24.8 Å². The van der Waals surface area contributed by atoms with E-state index in [-0.39, 0.29) is 23.8 Å². The van der Waals surface area contributed by atoms with Crippen molar-refractivity contribution in [2.75, 3.05) is 7.11 Å². The molecular weight excluding hydrogens is 270 g/mol. The largest absolute Gasteiger partial charge is 0.496 e. The number of nitrogens with one attached hydrogen (secondary N) is 1. The van der Waals surface area contributed by atoms with Gasteiger partial charge in [0.05, 0.1) is 18.6 Å². The smallest absolute Gasteiger partial charge is 0.255 e. The number of hydrogen-bond donors (Lipinski definition) is 3. The molecule has 2 atom stereocenters. The van der Waals surface area contributed by atoms with E-state index in [2.05, 4.69) is 5.32 Å². The number of rotatable bonds is 5. The highest BCUT2D eigenvalue weighted by Gasteiger charge is 2.33. The first kappa shape index (κ1) is 15.3. The Kier molecular flexibility index (Phi) is 4.80. The van der Waals surface area contributed by atoms with Crippen LogP contribution in [0.2, 0.25) is 0 Å². The van der Waals surface area contributed by atoms with Gasteiger partial charge in [-0.2, -0.15) is 0 Å². The quantitative estimate of drug-likeness (QED) is 0.735. The molecule has 1 aromatic carbocycles. The number of primary amides is 1. The molecule has 1 fully saturated rings. The minimum Gasteiger partial charge on any atom is -0.496 e. The molecule has 6 heteroatoms. The Hall–Kier alpha value is -2.08. The number of nitrogens with two attached hydrogens (primary N) is 2. The van der Waals surface area contributed by atoms with Gasteiger partial charge < -0.3 is 21.5 Å². The fourth-order valence-electron chi connectivity index (χ4n) is 2.78. The van der Waals surface area contributed by atoms with Crippen LogP contribution in [0.3, 0.4) is 0 Å². The van der Waals surface area contributed by atoms with Crippen molar-refractivity contribution in [2.45, 2.75) is 31.8 Å². The van der Waals surface area contributed by atoms with Gasteiger partial charge in [-0.3, -0.25) is 9.59 Å². The maximum atomic E-state index is 12.4. The van der Waals surface area contributed by atoms with E-state index in [1.165, 1.54) is 7.11 Å². The van der Waals surface area contributed by atoms with Gasteiger partial charge in [0.1, 0.15) is 5.75 Å². The Labute approximate surface area is 123 Å². The van der Waals surface area contributed by atoms with Gasteiger partial charge in [-0.15, -0.1) is 0 Å². The summed E-state index contributed by atoms with van der Waals surface area (Å²) >= 11 is 0. The van der Waals surface area contributed by atoms with Crippen molar-refractivity contribution >= 4 is 11.8 Å². The highest BCUT2D eigenvalue weighted by Crippen LogP contribution is 2.27. The number of methoxy groups -OCH3 is 1. The normalized spacial score (nSPS) is 21.0. The van der Waals surface area contributed by atoms with Gasteiger partial charge in [0.25, 0.3) is 5.91 Å². The summed E-state index contributed by atoms with van der Waals surface area (Å²) in [5, 5.41) is 2.89. The molecule has 1 aliphatic rings. The molecule has 6 nitrogen and oxygen atoms in total. The first-order chi connectivity index (χ1) is 10.1. The predicted octanol–water partition coefficient (Wildman–Crippen LogP) is 0.538. The monoisotopic (exact) mass is 291 g/mol. The Morgan fingerprint density at radius 2 is 2.14 bits per heavy atom. The number of carbonyl (C=O) groups excluding carboxylic acids is 2. The van der Waals surface area contributed by atoms with E-state index in [0.29, 0.717) is 17.9 Å². The van der Waals surface area contributed by atoms with E-state index in [1.807, 2.05) is 6.07 Å². The molecule has 0 bridgehead atoms. The molecule has 0 saturated heterocycles. The number of ether oxygens (including phenoxy) is 1. The lowest BCUT2D eigenvalue weighted by atomic mass is 10.0. The van der Waals surface area contributed by atoms with Crippen LogP contribution in [0.4, 0.5) is 0 Å². The number of hydrogen-bond acceptors (Lipinski definition) is 4. The summed E-state index contributed by atoms with van der Waals surface area (Å²) in [6, 6.07) is 5.04. The molecule has 1 aromatic rings. The number of benzene rings is 1. The zero-order chi connectivity index (χ0) is 15.4. The molecule has 1 saturated carbocycles. The molecule has 114 valence electrons. The van der Waals surface area contributed by atoms with Crippen LogP contribution in [0.1, 0.15) is 35.2 Å². The summed E-state index contributed by atoms with van der Waals surface area (Å²) < 4.78 is 5.21. The topological polar surface area (TPSA) is 107 Å². The van der Waals surface area contributed by atoms with Crippen LogP contribution in [0.25, 0.3) is 0 Å². The average molecular weight is 291 g/mol. The molecule has 0 aromatic heterocycles. The standard InChI is InChI=1S/C15H21N3O3/c1-21-13-6-5-9(8-16)7-11(13)15(20)18-12-4-2-3-10(12)14(17)19/h5-7,10,12H,2-4,8,16H2,1H3,(H2,17,19)(H,18,20). The van der Waals surface area contributed by atoms with Crippen molar-refractivity contribution in [3.8, 4) is 5.75 Å².